The van der Waals surface area contributed by atoms with E-state index in [0.717, 1.165) is 12.1 Å². The molecule has 0 fully saturated rings. The number of hydrogen-bond acceptors (Lipinski definition) is 2. The first kappa shape index (κ1) is 18.6. The fraction of sp³-hybridized carbons (Fsp3) is 0.211. The van der Waals surface area contributed by atoms with Crippen molar-refractivity contribution in [2.45, 2.75) is 12.7 Å². The molecule has 0 saturated carbocycles. The SMILES string of the molecule is C=CCOc1ccccc1C(=O)N(C)Cc1cccc(C(F)(F)F)c1. The zero-order valence-corrected chi connectivity index (χ0v) is 13.7. The van der Waals surface area contributed by atoms with Gasteiger partial charge in [0.2, 0.25) is 0 Å². The summed E-state index contributed by atoms with van der Waals surface area (Å²) < 4.78 is 43.8. The molecule has 0 aromatic heterocycles. The molecule has 0 saturated heterocycles. The second kappa shape index (κ2) is 7.88. The Kier molecular flexibility index (Phi) is 5.85. The van der Waals surface area contributed by atoms with Crippen LogP contribution in [0.3, 0.4) is 0 Å². The van der Waals surface area contributed by atoms with Gasteiger partial charge in [-0.1, -0.05) is 36.9 Å². The summed E-state index contributed by atoms with van der Waals surface area (Å²) in [6, 6.07) is 11.6. The molecule has 0 aliphatic rings. The van der Waals surface area contributed by atoms with Crippen LogP contribution in [-0.4, -0.2) is 24.5 Å². The molecule has 2 aromatic carbocycles. The third-order valence-corrected chi connectivity index (χ3v) is 3.49. The first-order valence-corrected chi connectivity index (χ1v) is 7.57. The van der Waals surface area contributed by atoms with E-state index in [1.54, 1.807) is 36.4 Å². The van der Waals surface area contributed by atoms with Crippen LogP contribution in [0.1, 0.15) is 21.5 Å². The van der Waals surface area contributed by atoms with Crippen molar-refractivity contribution in [3.05, 3.63) is 77.9 Å². The Balaban J connectivity index is 2.17. The van der Waals surface area contributed by atoms with Gasteiger partial charge in [0.05, 0.1) is 11.1 Å². The van der Waals surface area contributed by atoms with Crippen LogP contribution < -0.4 is 4.74 Å². The highest BCUT2D eigenvalue weighted by Gasteiger charge is 2.30. The molecule has 0 aliphatic carbocycles. The zero-order valence-electron chi connectivity index (χ0n) is 13.7. The molecule has 0 N–H and O–H groups in total. The Hall–Kier alpha value is -2.76. The molecule has 2 rings (SSSR count). The molecule has 0 atom stereocenters. The Morgan fingerprint density at radius 2 is 1.92 bits per heavy atom. The van der Waals surface area contributed by atoms with Gasteiger partial charge in [-0.15, -0.1) is 0 Å². The van der Waals surface area contributed by atoms with E-state index in [-0.39, 0.29) is 19.1 Å². The lowest BCUT2D eigenvalue weighted by atomic mass is 10.1. The number of benzene rings is 2. The van der Waals surface area contributed by atoms with Crippen molar-refractivity contribution in [1.29, 1.82) is 0 Å². The largest absolute Gasteiger partial charge is 0.489 e. The molecule has 132 valence electrons. The van der Waals surface area contributed by atoms with Crippen LogP contribution in [0.4, 0.5) is 13.2 Å². The number of carbonyl (C=O) groups is 1. The van der Waals surface area contributed by atoms with Gasteiger partial charge in [0, 0.05) is 13.6 Å². The first-order chi connectivity index (χ1) is 11.8. The van der Waals surface area contributed by atoms with Crippen LogP contribution in [0.2, 0.25) is 0 Å². The Morgan fingerprint density at radius 3 is 2.60 bits per heavy atom. The lowest BCUT2D eigenvalue weighted by Gasteiger charge is -2.19. The molecule has 25 heavy (non-hydrogen) atoms. The standard InChI is InChI=1S/C19H18F3NO2/c1-3-11-25-17-10-5-4-9-16(17)18(24)23(2)13-14-7-6-8-15(12-14)19(20,21)22/h3-10,12H,1,11,13H2,2H3. The highest BCUT2D eigenvalue weighted by Crippen LogP contribution is 2.30. The maximum absolute atomic E-state index is 12.8. The molecule has 0 heterocycles. The fourth-order valence-electron chi connectivity index (χ4n) is 2.32. The van der Waals surface area contributed by atoms with Gasteiger partial charge in [0.15, 0.2) is 0 Å². The second-order valence-corrected chi connectivity index (χ2v) is 5.46. The van der Waals surface area contributed by atoms with E-state index in [9.17, 15) is 18.0 Å². The van der Waals surface area contributed by atoms with Crippen LogP contribution in [0.15, 0.2) is 61.2 Å². The number of ether oxygens (including phenoxy) is 1. The summed E-state index contributed by atoms with van der Waals surface area (Å²) in [5, 5.41) is 0. The highest BCUT2D eigenvalue weighted by atomic mass is 19.4. The van der Waals surface area contributed by atoms with Gasteiger partial charge in [-0.25, -0.2) is 0 Å². The zero-order chi connectivity index (χ0) is 18.4. The first-order valence-electron chi connectivity index (χ1n) is 7.57. The van der Waals surface area contributed by atoms with Gasteiger partial charge in [0.25, 0.3) is 5.91 Å². The minimum absolute atomic E-state index is 0.0541. The van der Waals surface area contributed by atoms with E-state index in [4.69, 9.17) is 4.74 Å². The van der Waals surface area contributed by atoms with Crippen LogP contribution in [0, 0.1) is 0 Å². The number of carbonyl (C=O) groups excluding carboxylic acids is 1. The smallest absolute Gasteiger partial charge is 0.416 e. The maximum atomic E-state index is 12.8. The quantitative estimate of drug-likeness (QED) is 0.717. The van der Waals surface area contributed by atoms with E-state index >= 15 is 0 Å². The topological polar surface area (TPSA) is 29.5 Å². The Morgan fingerprint density at radius 1 is 1.20 bits per heavy atom. The minimum Gasteiger partial charge on any atom is -0.489 e. The van der Waals surface area contributed by atoms with Crippen molar-refractivity contribution >= 4 is 5.91 Å². The molecule has 3 nitrogen and oxygen atoms in total. The van der Waals surface area contributed by atoms with Crippen molar-refractivity contribution in [3.63, 3.8) is 0 Å². The molecular formula is C19H18F3NO2. The van der Waals surface area contributed by atoms with E-state index < -0.39 is 11.7 Å². The van der Waals surface area contributed by atoms with Gasteiger partial charge < -0.3 is 9.64 Å². The second-order valence-electron chi connectivity index (χ2n) is 5.46. The summed E-state index contributed by atoms with van der Waals surface area (Å²) in [5.41, 5.74) is 0.00885. The predicted molar refractivity (Wildman–Crippen MR) is 89.4 cm³/mol. The number of hydrogen-bond donors (Lipinski definition) is 0. The van der Waals surface area contributed by atoms with Gasteiger partial charge in [-0.2, -0.15) is 13.2 Å². The normalized spacial score (nSPS) is 11.0. The number of nitrogens with zero attached hydrogens (tertiary/aromatic N) is 1. The van der Waals surface area contributed by atoms with Gasteiger partial charge in [-0.05, 0) is 29.8 Å². The van der Waals surface area contributed by atoms with Crippen molar-refractivity contribution in [1.82, 2.24) is 4.90 Å². The molecule has 0 aliphatic heterocycles. The number of amides is 1. The van der Waals surface area contributed by atoms with E-state index in [1.807, 2.05) is 0 Å². The molecule has 0 unspecified atom stereocenters. The average Bonchev–Trinajstić information content (AvgIpc) is 2.59. The molecule has 2 aromatic rings. The van der Waals surface area contributed by atoms with E-state index in [2.05, 4.69) is 6.58 Å². The number of alkyl halides is 3. The summed E-state index contributed by atoms with van der Waals surface area (Å²) in [5.74, 6) is 0.0698. The van der Waals surface area contributed by atoms with Gasteiger partial charge in [0.1, 0.15) is 12.4 Å². The molecule has 0 bridgehead atoms. The Labute approximate surface area is 144 Å². The van der Waals surface area contributed by atoms with E-state index in [1.165, 1.54) is 18.0 Å². The summed E-state index contributed by atoms with van der Waals surface area (Å²) in [6.45, 7) is 3.86. The highest BCUT2D eigenvalue weighted by molar-refractivity contribution is 5.96. The minimum atomic E-state index is -4.41. The molecular weight excluding hydrogens is 331 g/mol. The Bertz CT molecular complexity index is 756. The molecule has 6 heteroatoms. The monoisotopic (exact) mass is 349 g/mol. The van der Waals surface area contributed by atoms with Crippen molar-refractivity contribution in [2.75, 3.05) is 13.7 Å². The van der Waals surface area contributed by atoms with Crippen LogP contribution in [0.25, 0.3) is 0 Å². The summed E-state index contributed by atoms with van der Waals surface area (Å²) in [6.07, 6.45) is -2.85. The van der Waals surface area contributed by atoms with Crippen molar-refractivity contribution in [3.8, 4) is 5.75 Å². The van der Waals surface area contributed by atoms with Crippen LogP contribution in [0.5, 0.6) is 5.75 Å². The third-order valence-electron chi connectivity index (χ3n) is 3.49. The summed E-state index contributed by atoms with van der Waals surface area (Å²) in [7, 11) is 1.53. The predicted octanol–water partition coefficient (Wildman–Crippen LogP) is 4.54. The van der Waals surface area contributed by atoms with E-state index in [0.29, 0.717) is 16.9 Å². The van der Waals surface area contributed by atoms with Gasteiger partial charge in [-0.3, -0.25) is 4.79 Å². The number of halogens is 3. The molecule has 0 radical (unpaired) electrons. The fourth-order valence-corrected chi connectivity index (χ4v) is 2.32. The van der Waals surface area contributed by atoms with Crippen LogP contribution >= 0.6 is 0 Å². The molecule has 0 spiro atoms. The third kappa shape index (κ3) is 4.86. The van der Waals surface area contributed by atoms with Gasteiger partial charge >= 0.3 is 6.18 Å². The maximum Gasteiger partial charge on any atom is 0.416 e. The van der Waals surface area contributed by atoms with Crippen molar-refractivity contribution < 1.29 is 22.7 Å². The van der Waals surface area contributed by atoms with Crippen molar-refractivity contribution in [2.24, 2.45) is 0 Å². The lowest BCUT2D eigenvalue weighted by molar-refractivity contribution is -0.137. The number of para-hydroxylation sites is 1. The summed E-state index contributed by atoms with van der Waals surface area (Å²) >= 11 is 0. The average molecular weight is 349 g/mol. The number of rotatable bonds is 6. The molecule has 1 amide bonds. The summed E-state index contributed by atoms with van der Waals surface area (Å²) in [4.78, 5) is 14.0. The van der Waals surface area contributed by atoms with Crippen LogP contribution in [-0.2, 0) is 12.7 Å². The lowest BCUT2D eigenvalue weighted by Crippen LogP contribution is -2.26.